The molecule has 0 unspecified atom stereocenters. The molecular weight excluding hydrogens is 340 g/mol. The van der Waals surface area contributed by atoms with Crippen molar-refractivity contribution in [3.63, 3.8) is 0 Å². The Morgan fingerprint density at radius 3 is 2.32 bits per heavy atom. The van der Waals surface area contributed by atoms with E-state index in [0.717, 1.165) is 44.2 Å². The first-order valence-corrected chi connectivity index (χ1v) is 9.15. The Balaban J connectivity index is 1.62. The molecule has 2 amide bonds. The van der Waals surface area contributed by atoms with E-state index >= 15 is 0 Å². The third-order valence-electron chi connectivity index (χ3n) is 4.13. The van der Waals surface area contributed by atoms with Gasteiger partial charge in [0.05, 0.1) is 0 Å². The van der Waals surface area contributed by atoms with Crippen molar-refractivity contribution < 1.29 is 9.59 Å². The molecule has 6 nitrogen and oxygen atoms in total. The Bertz CT molecular complexity index is 569. The number of anilines is 1. The predicted octanol–water partition coefficient (Wildman–Crippen LogP) is 1.49. The summed E-state index contributed by atoms with van der Waals surface area (Å²) >= 11 is 5.93. The van der Waals surface area contributed by atoms with E-state index in [-0.39, 0.29) is 6.04 Å². The van der Waals surface area contributed by atoms with Gasteiger partial charge in [-0.05, 0) is 51.1 Å². The van der Waals surface area contributed by atoms with Gasteiger partial charge in [0.2, 0.25) is 0 Å². The molecule has 1 heterocycles. The lowest BCUT2D eigenvalue weighted by atomic mass is 10.2. The highest BCUT2D eigenvalue weighted by molar-refractivity contribution is 6.35. The molecule has 1 aromatic carbocycles. The molecular formula is C18H27ClN4O2. The zero-order chi connectivity index (χ0) is 18.2. The van der Waals surface area contributed by atoms with E-state index in [9.17, 15) is 9.59 Å². The van der Waals surface area contributed by atoms with E-state index < -0.39 is 11.8 Å². The van der Waals surface area contributed by atoms with Crippen LogP contribution in [0.4, 0.5) is 5.69 Å². The molecule has 1 saturated heterocycles. The number of hydrogen-bond donors (Lipinski definition) is 2. The second kappa shape index (κ2) is 9.63. The van der Waals surface area contributed by atoms with Gasteiger partial charge in [-0.25, -0.2) is 0 Å². The molecule has 1 aromatic rings. The van der Waals surface area contributed by atoms with E-state index in [1.165, 1.54) is 5.69 Å². The van der Waals surface area contributed by atoms with E-state index in [0.29, 0.717) is 6.54 Å². The molecule has 0 spiro atoms. The fraction of sp³-hybridized carbons (Fsp3) is 0.556. The van der Waals surface area contributed by atoms with Crippen LogP contribution in [0.1, 0.15) is 20.3 Å². The van der Waals surface area contributed by atoms with Gasteiger partial charge in [0.1, 0.15) is 0 Å². The van der Waals surface area contributed by atoms with Crippen LogP contribution >= 0.6 is 11.6 Å². The van der Waals surface area contributed by atoms with Crippen LogP contribution in [0.15, 0.2) is 24.3 Å². The summed E-state index contributed by atoms with van der Waals surface area (Å²) in [5.74, 6) is -1.12. The summed E-state index contributed by atoms with van der Waals surface area (Å²) in [7, 11) is 0. The van der Waals surface area contributed by atoms with Crippen molar-refractivity contribution in [2.24, 2.45) is 0 Å². The summed E-state index contributed by atoms with van der Waals surface area (Å²) < 4.78 is 0. The molecule has 0 atom stereocenters. The van der Waals surface area contributed by atoms with Gasteiger partial charge >= 0.3 is 11.8 Å². The Kier molecular flexibility index (Phi) is 7.52. The van der Waals surface area contributed by atoms with Crippen LogP contribution < -0.4 is 15.5 Å². The van der Waals surface area contributed by atoms with E-state index in [2.05, 4.69) is 32.6 Å². The van der Waals surface area contributed by atoms with Gasteiger partial charge in [-0.15, -0.1) is 0 Å². The predicted molar refractivity (Wildman–Crippen MR) is 101 cm³/mol. The first-order chi connectivity index (χ1) is 12.0. The van der Waals surface area contributed by atoms with E-state index in [4.69, 9.17) is 11.6 Å². The van der Waals surface area contributed by atoms with Crippen molar-refractivity contribution in [1.82, 2.24) is 15.5 Å². The average molecular weight is 367 g/mol. The zero-order valence-electron chi connectivity index (χ0n) is 14.9. The van der Waals surface area contributed by atoms with Crippen LogP contribution in [0.25, 0.3) is 0 Å². The number of amides is 2. The molecule has 0 aliphatic carbocycles. The van der Waals surface area contributed by atoms with Crippen LogP contribution in [0.2, 0.25) is 5.02 Å². The fourth-order valence-electron chi connectivity index (χ4n) is 2.79. The minimum absolute atomic E-state index is 0.0322. The maximum absolute atomic E-state index is 11.6. The summed E-state index contributed by atoms with van der Waals surface area (Å²) in [6, 6.07) is 7.91. The number of nitrogens with one attached hydrogen (secondary N) is 2. The van der Waals surface area contributed by atoms with Crippen LogP contribution in [-0.4, -0.2) is 62.0 Å². The number of carbonyl (C=O) groups is 2. The second-order valence-corrected chi connectivity index (χ2v) is 6.98. The Morgan fingerprint density at radius 2 is 1.72 bits per heavy atom. The Morgan fingerprint density at radius 1 is 1.08 bits per heavy atom. The number of rotatable bonds is 6. The van der Waals surface area contributed by atoms with Crippen molar-refractivity contribution in [3.05, 3.63) is 29.3 Å². The van der Waals surface area contributed by atoms with Gasteiger partial charge in [-0.2, -0.15) is 0 Å². The smallest absolute Gasteiger partial charge is 0.309 e. The molecule has 1 aliphatic rings. The maximum atomic E-state index is 11.6. The highest BCUT2D eigenvalue weighted by Gasteiger charge is 2.17. The molecule has 138 valence electrons. The molecule has 25 heavy (non-hydrogen) atoms. The molecule has 0 saturated carbocycles. The fourth-order valence-corrected chi connectivity index (χ4v) is 2.92. The standard InChI is InChI=1S/C18H27ClN4O2/c1-14(2)21-18(25)17(24)20-8-3-9-22-10-12-23(13-11-22)16-6-4-15(19)5-7-16/h4-7,14H,3,8-13H2,1-2H3,(H,20,24)(H,21,25). The van der Waals surface area contributed by atoms with Gasteiger partial charge in [-0.1, -0.05) is 11.6 Å². The van der Waals surface area contributed by atoms with Crippen molar-refractivity contribution in [3.8, 4) is 0 Å². The number of benzene rings is 1. The summed E-state index contributed by atoms with van der Waals surface area (Å²) in [6.45, 7) is 9.02. The van der Waals surface area contributed by atoms with Gasteiger partial charge in [0.15, 0.2) is 0 Å². The summed E-state index contributed by atoms with van der Waals surface area (Å²) in [5, 5.41) is 6.00. The van der Waals surface area contributed by atoms with Crippen molar-refractivity contribution >= 4 is 29.1 Å². The Hall–Kier alpha value is -1.79. The van der Waals surface area contributed by atoms with Gasteiger partial charge in [0, 0.05) is 49.5 Å². The van der Waals surface area contributed by atoms with Gasteiger partial charge in [-0.3, -0.25) is 14.5 Å². The van der Waals surface area contributed by atoms with E-state index in [1.54, 1.807) is 0 Å². The molecule has 1 fully saturated rings. The topological polar surface area (TPSA) is 64.7 Å². The van der Waals surface area contributed by atoms with Crippen LogP contribution in [-0.2, 0) is 9.59 Å². The molecule has 0 radical (unpaired) electrons. The average Bonchev–Trinajstić information content (AvgIpc) is 2.59. The number of carbonyl (C=O) groups excluding carboxylic acids is 2. The largest absolute Gasteiger partial charge is 0.369 e. The SMILES string of the molecule is CC(C)NC(=O)C(=O)NCCCN1CCN(c2ccc(Cl)cc2)CC1. The third kappa shape index (κ3) is 6.55. The first-order valence-electron chi connectivity index (χ1n) is 8.77. The lowest BCUT2D eigenvalue weighted by Gasteiger charge is -2.36. The molecule has 7 heteroatoms. The molecule has 0 aromatic heterocycles. The number of piperazine rings is 1. The highest BCUT2D eigenvalue weighted by Crippen LogP contribution is 2.19. The first kappa shape index (κ1) is 19.5. The highest BCUT2D eigenvalue weighted by atomic mass is 35.5. The van der Waals surface area contributed by atoms with E-state index in [1.807, 2.05) is 26.0 Å². The zero-order valence-corrected chi connectivity index (χ0v) is 15.7. The Labute approximate surface area is 154 Å². The van der Waals surface area contributed by atoms with Crippen molar-refractivity contribution in [2.75, 3.05) is 44.2 Å². The number of hydrogen-bond acceptors (Lipinski definition) is 4. The second-order valence-electron chi connectivity index (χ2n) is 6.54. The minimum atomic E-state index is -0.563. The molecule has 0 bridgehead atoms. The lowest BCUT2D eigenvalue weighted by Crippen LogP contribution is -2.47. The summed E-state index contributed by atoms with van der Waals surface area (Å²) in [6.07, 6.45) is 0.835. The number of nitrogens with zero attached hydrogens (tertiary/aromatic N) is 2. The van der Waals surface area contributed by atoms with Crippen molar-refractivity contribution in [1.29, 1.82) is 0 Å². The monoisotopic (exact) mass is 366 g/mol. The quantitative estimate of drug-likeness (QED) is 0.591. The summed E-state index contributed by atoms with van der Waals surface area (Å²) in [4.78, 5) is 27.8. The van der Waals surface area contributed by atoms with Crippen LogP contribution in [0, 0.1) is 0 Å². The maximum Gasteiger partial charge on any atom is 0.309 e. The minimum Gasteiger partial charge on any atom is -0.369 e. The van der Waals surface area contributed by atoms with Gasteiger partial charge < -0.3 is 15.5 Å². The molecule has 1 aliphatic heterocycles. The number of halogens is 1. The normalized spacial score (nSPS) is 15.3. The lowest BCUT2D eigenvalue weighted by molar-refractivity contribution is -0.139. The molecule has 2 N–H and O–H groups in total. The van der Waals surface area contributed by atoms with Gasteiger partial charge in [0.25, 0.3) is 0 Å². The third-order valence-corrected chi connectivity index (χ3v) is 4.38. The van der Waals surface area contributed by atoms with Crippen molar-refractivity contribution in [2.45, 2.75) is 26.3 Å². The van der Waals surface area contributed by atoms with Crippen LogP contribution in [0.3, 0.4) is 0 Å². The summed E-state index contributed by atoms with van der Waals surface area (Å²) in [5.41, 5.74) is 1.20. The van der Waals surface area contributed by atoms with Crippen LogP contribution in [0.5, 0.6) is 0 Å². The molecule has 2 rings (SSSR count).